The van der Waals surface area contributed by atoms with Crippen LogP contribution in [-0.4, -0.2) is 92.1 Å². The van der Waals surface area contributed by atoms with E-state index in [1.807, 2.05) is 0 Å². The van der Waals surface area contributed by atoms with Crippen molar-refractivity contribution in [2.24, 2.45) is 17.8 Å². The first-order valence-corrected chi connectivity index (χ1v) is 29.1. The van der Waals surface area contributed by atoms with Gasteiger partial charge in [-0.25, -0.2) is 0 Å². The lowest BCUT2D eigenvalue weighted by atomic mass is 9.75. The molecule has 0 aromatic carbocycles. The van der Waals surface area contributed by atoms with Crippen LogP contribution < -0.4 is 0 Å². The summed E-state index contributed by atoms with van der Waals surface area (Å²) >= 11 is 0. The van der Waals surface area contributed by atoms with Crippen LogP contribution in [0.4, 0.5) is 0 Å². The van der Waals surface area contributed by atoms with Crippen LogP contribution in [0.2, 0.25) is 0 Å². The standard InChI is InChI=1S/C57H102N4/c1-43-18-16-28-54(40-43)59(48-24-12-6-13-25-48)50-30-34-52(35-31-50)61(53-36-32-51(33-37-53)60(49-26-14-7-15-27-49)55-29-17-19-44(2)41-55)57-39-38-56(42-45(57)3)58(46-20-8-4-9-21-46)47-22-10-5-11-23-47/h43-57H,4-42H2,1-3H3. The summed E-state index contributed by atoms with van der Waals surface area (Å²) in [5, 5.41) is 0. The Morgan fingerprint density at radius 3 is 0.787 bits per heavy atom. The van der Waals surface area contributed by atoms with Gasteiger partial charge in [-0.3, -0.25) is 19.6 Å². The average molecular weight is 843 g/mol. The summed E-state index contributed by atoms with van der Waals surface area (Å²) in [6.07, 6.45) is 58.2. The predicted molar refractivity (Wildman–Crippen MR) is 260 cm³/mol. The molecule has 9 fully saturated rings. The van der Waals surface area contributed by atoms with Crippen molar-refractivity contribution in [1.29, 1.82) is 0 Å². The van der Waals surface area contributed by atoms with E-state index in [-0.39, 0.29) is 0 Å². The monoisotopic (exact) mass is 843 g/mol. The molecule has 0 bridgehead atoms. The maximum atomic E-state index is 3.40. The van der Waals surface area contributed by atoms with Gasteiger partial charge in [0.05, 0.1) is 0 Å². The minimum absolute atomic E-state index is 0.821. The van der Waals surface area contributed by atoms with Crippen LogP contribution >= 0.6 is 0 Å². The Kier molecular flexibility index (Phi) is 17.0. The Labute approximate surface area is 379 Å². The van der Waals surface area contributed by atoms with Crippen LogP contribution in [0, 0.1) is 17.8 Å². The Morgan fingerprint density at radius 2 is 0.475 bits per heavy atom. The first-order chi connectivity index (χ1) is 30.0. The molecule has 0 radical (unpaired) electrons. The number of rotatable bonds is 12. The fourth-order valence-corrected chi connectivity index (χ4v) is 17.8. The molecule has 0 amide bonds. The van der Waals surface area contributed by atoms with Crippen LogP contribution in [0.3, 0.4) is 0 Å². The highest BCUT2D eigenvalue weighted by Crippen LogP contribution is 2.46. The van der Waals surface area contributed by atoms with Gasteiger partial charge in [-0.15, -0.1) is 0 Å². The van der Waals surface area contributed by atoms with Crippen molar-refractivity contribution in [3.63, 3.8) is 0 Å². The lowest BCUT2D eigenvalue weighted by Gasteiger charge is -2.56. The van der Waals surface area contributed by atoms with Gasteiger partial charge in [-0.1, -0.05) is 124 Å². The molecule has 4 heteroatoms. The van der Waals surface area contributed by atoms with Crippen molar-refractivity contribution in [3.8, 4) is 0 Å². The second kappa shape index (κ2) is 22.6. The number of hydrogen-bond donors (Lipinski definition) is 0. The van der Waals surface area contributed by atoms with Crippen molar-refractivity contribution in [2.45, 2.75) is 344 Å². The molecule has 9 aliphatic rings. The van der Waals surface area contributed by atoms with Crippen LogP contribution in [0.1, 0.15) is 271 Å². The molecule has 0 N–H and O–H groups in total. The third-order valence-electron chi connectivity index (χ3n) is 20.6. The highest BCUT2D eigenvalue weighted by molar-refractivity contribution is 5.02. The van der Waals surface area contributed by atoms with Crippen LogP contribution in [0.25, 0.3) is 0 Å². The van der Waals surface area contributed by atoms with Gasteiger partial charge in [-0.2, -0.15) is 0 Å². The zero-order valence-electron chi connectivity index (χ0n) is 41.0. The summed E-state index contributed by atoms with van der Waals surface area (Å²) in [7, 11) is 0. The molecule has 7 atom stereocenters. The van der Waals surface area contributed by atoms with E-state index in [4.69, 9.17) is 0 Å². The van der Waals surface area contributed by atoms with E-state index in [0.717, 1.165) is 90.3 Å². The van der Waals surface area contributed by atoms with Gasteiger partial charge in [0.1, 0.15) is 0 Å². The fourth-order valence-electron chi connectivity index (χ4n) is 17.8. The minimum atomic E-state index is 0.821. The molecule has 9 saturated carbocycles. The Balaban J connectivity index is 0.925. The summed E-state index contributed by atoms with van der Waals surface area (Å²) < 4.78 is 0. The van der Waals surface area contributed by atoms with E-state index in [1.165, 1.54) is 250 Å². The molecule has 0 spiro atoms. The molecule has 61 heavy (non-hydrogen) atoms. The molecule has 0 aromatic heterocycles. The van der Waals surface area contributed by atoms with E-state index >= 15 is 0 Å². The first kappa shape index (κ1) is 46.0. The van der Waals surface area contributed by atoms with Gasteiger partial charge in [0.15, 0.2) is 0 Å². The number of nitrogens with zero attached hydrogens (tertiary/aromatic N) is 4. The molecular formula is C57H102N4. The summed E-state index contributed by atoms with van der Waals surface area (Å²) in [6.45, 7) is 7.95. The molecule has 7 unspecified atom stereocenters. The lowest BCUT2D eigenvalue weighted by Crippen LogP contribution is -2.60. The quantitative estimate of drug-likeness (QED) is 0.194. The maximum Gasteiger partial charge on any atom is 0.0128 e. The Morgan fingerprint density at radius 1 is 0.213 bits per heavy atom. The van der Waals surface area contributed by atoms with Gasteiger partial charge < -0.3 is 0 Å². The van der Waals surface area contributed by atoms with Crippen LogP contribution in [-0.2, 0) is 0 Å². The molecule has 0 aliphatic heterocycles. The van der Waals surface area contributed by atoms with Crippen molar-refractivity contribution in [2.75, 3.05) is 0 Å². The molecule has 4 nitrogen and oxygen atoms in total. The van der Waals surface area contributed by atoms with E-state index < -0.39 is 0 Å². The third kappa shape index (κ3) is 11.3. The molecule has 0 aromatic rings. The van der Waals surface area contributed by atoms with E-state index in [2.05, 4.69) is 40.4 Å². The van der Waals surface area contributed by atoms with Crippen LogP contribution in [0.5, 0.6) is 0 Å². The summed E-state index contributed by atoms with van der Waals surface area (Å²) in [4.78, 5) is 13.2. The number of hydrogen-bond acceptors (Lipinski definition) is 4. The maximum absolute atomic E-state index is 3.40. The Hall–Kier alpha value is -0.160. The summed E-state index contributed by atoms with van der Waals surface area (Å²) in [5.74, 6) is 2.71. The van der Waals surface area contributed by atoms with Crippen molar-refractivity contribution in [3.05, 3.63) is 0 Å². The first-order valence-electron chi connectivity index (χ1n) is 29.1. The van der Waals surface area contributed by atoms with Gasteiger partial charge in [0.25, 0.3) is 0 Å². The smallest absolute Gasteiger partial charge is 0.0128 e. The second-order valence-electron chi connectivity index (χ2n) is 24.7. The SMILES string of the molecule is CC1CCCC(N(C2CCCCC2)C2CCC(N(C3CCC(N(C4CCCCC4)C4CCCC(C)C4)CC3)C3CCC(N(C4CCCCC4)C4CCCCC4)CC3C)CC2)C1. The Bertz CT molecular complexity index is 1160. The average Bonchev–Trinajstić information content (AvgIpc) is 3.30. The highest BCUT2D eigenvalue weighted by Gasteiger charge is 2.46. The zero-order valence-corrected chi connectivity index (χ0v) is 41.0. The largest absolute Gasteiger partial charge is 0.294 e. The summed E-state index contributed by atoms with van der Waals surface area (Å²) in [5.41, 5.74) is 0. The molecule has 350 valence electrons. The molecule has 0 saturated heterocycles. The van der Waals surface area contributed by atoms with Crippen molar-refractivity contribution in [1.82, 2.24) is 19.6 Å². The second-order valence-corrected chi connectivity index (χ2v) is 24.7. The zero-order chi connectivity index (χ0) is 41.5. The van der Waals surface area contributed by atoms with E-state index in [1.54, 1.807) is 0 Å². The van der Waals surface area contributed by atoms with Gasteiger partial charge in [0.2, 0.25) is 0 Å². The van der Waals surface area contributed by atoms with Gasteiger partial charge in [-0.05, 0) is 165 Å². The topological polar surface area (TPSA) is 13.0 Å². The highest BCUT2D eigenvalue weighted by atomic mass is 15.3. The minimum Gasteiger partial charge on any atom is -0.294 e. The molecule has 9 rings (SSSR count). The summed E-state index contributed by atoms with van der Waals surface area (Å²) in [6, 6.07) is 10.4. The normalized spacial score (nSPS) is 40.3. The van der Waals surface area contributed by atoms with Crippen molar-refractivity contribution >= 4 is 0 Å². The van der Waals surface area contributed by atoms with E-state index in [0.29, 0.717) is 0 Å². The fraction of sp³-hybridized carbons (Fsp3) is 1.00. The van der Waals surface area contributed by atoms with Crippen LogP contribution in [0.15, 0.2) is 0 Å². The molecule has 9 aliphatic carbocycles. The third-order valence-corrected chi connectivity index (χ3v) is 20.6. The molecular weight excluding hydrogens is 741 g/mol. The van der Waals surface area contributed by atoms with Gasteiger partial charge >= 0.3 is 0 Å². The predicted octanol–water partition coefficient (Wildman–Crippen LogP) is 14.9. The van der Waals surface area contributed by atoms with Crippen molar-refractivity contribution < 1.29 is 0 Å². The molecule has 0 heterocycles. The van der Waals surface area contributed by atoms with E-state index in [9.17, 15) is 0 Å². The van der Waals surface area contributed by atoms with Gasteiger partial charge in [0, 0.05) is 72.5 Å². The lowest BCUT2D eigenvalue weighted by molar-refractivity contribution is -0.0592.